The minimum atomic E-state index is -0.101. The lowest BCUT2D eigenvalue weighted by Gasteiger charge is -2.37. The van der Waals surface area contributed by atoms with E-state index in [4.69, 9.17) is 5.73 Å². The molecular formula is C14H29N3O. The number of carbonyl (C=O) groups excluding carboxylic acids is 1. The molecule has 0 aromatic heterocycles. The quantitative estimate of drug-likeness (QED) is 0.809. The van der Waals surface area contributed by atoms with Gasteiger partial charge in [-0.3, -0.25) is 9.69 Å². The van der Waals surface area contributed by atoms with Crippen molar-refractivity contribution < 1.29 is 4.79 Å². The van der Waals surface area contributed by atoms with Gasteiger partial charge in [0.2, 0.25) is 5.91 Å². The average molecular weight is 255 g/mol. The van der Waals surface area contributed by atoms with Crippen molar-refractivity contribution in [3.05, 3.63) is 0 Å². The first-order valence-electron chi connectivity index (χ1n) is 7.24. The molecule has 0 aromatic carbocycles. The minimum Gasteiger partial charge on any atom is -0.342 e. The Labute approximate surface area is 111 Å². The third kappa shape index (κ3) is 4.25. The predicted octanol–water partition coefficient (Wildman–Crippen LogP) is 1.45. The normalized spacial score (nSPS) is 17.9. The summed E-state index contributed by atoms with van der Waals surface area (Å²) in [5, 5.41) is 0. The van der Waals surface area contributed by atoms with Gasteiger partial charge in [-0.05, 0) is 33.2 Å². The van der Waals surface area contributed by atoms with Gasteiger partial charge in [-0.15, -0.1) is 0 Å². The second kappa shape index (κ2) is 7.10. The van der Waals surface area contributed by atoms with Crippen molar-refractivity contribution in [2.24, 2.45) is 5.73 Å². The summed E-state index contributed by atoms with van der Waals surface area (Å²) in [7, 11) is 0. The number of nitrogens with zero attached hydrogens (tertiary/aromatic N) is 2. The summed E-state index contributed by atoms with van der Waals surface area (Å²) in [6.45, 7) is 10.1. The van der Waals surface area contributed by atoms with Crippen LogP contribution in [0.4, 0.5) is 0 Å². The molecule has 4 nitrogen and oxygen atoms in total. The van der Waals surface area contributed by atoms with Crippen LogP contribution in [0.15, 0.2) is 0 Å². The Balaban J connectivity index is 2.55. The third-order valence-electron chi connectivity index (χ3n) is 4.02. The maximum absolute atomic E-state index is 12.3. The molecule has 0 aliphatic carbocycles. The van der Waals surface area contributed by atoms with Gasteiger partial charge >= 0.3 is 0 Å². The van der Waals surface area contributed by atoms with Gasteiger partial charge in [-0.1, -0.05) is 19.8 Å². The van der Waals surface area contributed by atoms with Gasteiger partial charge in [-0.25, -0.2) is 0 Å². The highest BCUT2D eigenvalue weighted by Crippen LogP contribution is 2.14. The van der Waals surface area contributed by atoms with E-state index in [1.54, 1.807) is 0 Å². The summed E-state index contributed by atoms with van der Waals surface area (Å²) in [6.07, 6.45) is 4.82. The van der Waals surface area contributed by atoms with E-state index in [1.165, 1.54) is 12.8 Å². The van der Waals surface area contributed by atoms with Crippen LogP contribution in [0.3, 0.4) is 0 Å². The van der Waals surface area contributed by atoms with Gasteiger partial charge in [0.1, 0.15) is 0 Å². The summed E-state index contributed by atoms with van der Waals surface area (Å²) < 4.78 is 0. The molecule has 0 unspecified atom stereocenters. The highest BCUT2D eigenvalue weighted by atomic mass is 16.2. The van der Waals surface area contributed by atoms with Gasteiger partial charge in [-0.2, -0.15) is 0 Å². The Bertz CT molecular complexity index is 258. The van der Waals surface area contributed by atoms with Crippen molar-refractivity contribution in [2.45, 2.75) is 52.0 Å². The molecule has 0 radical (unpaired) electrons. The largest absolute Gasteiger partial charge is 0.342 e. The molecule has 1 aliphatic rings. The van der Waals surface area contributed by atoms with E-state index in [9.17, 15) is 4.79 Å². The third-order valence-corrected chi connectivity index (χ3v) is 4.02. The Morgan fingerprint density at radius 2 is 1.78 bits per heavy atom. The topological polar surface area (TPSA) is 49.6 Å². The molecule has 1 aliphatic heterocycles. The molecule has 18 heavy (non-hydrogen) atoms. The summed E-state index contributed by atoms with van der Waals surface area (Å²) in [5.41, 5.74) is 5.69. The minimum absolute atomic E-state index is 0.101. The van der Waals surface area contributed by atoms with Gasteiger partial charge in [0, 0.05) is 25.2 Å². The van der Waals surface area contributed by atoms with Crippen LogP contribution < -0.4 is 5.73 Å². The second-order valence-corrected chi connectivity index (χ2v) is 5.83. The molecule has 0 spiro atoms. The smallest absolute Gasteiger partial charge is 0.236 e. The van der Waals surface area contributed by atoms with Crippen LogP contribution in [0.1, 0.15) is 46.5 Å². The molecule has 1 rings (SSSR count). The molecule has 1 saturated heterocycles. The van der Waals surface area contributed by atoms with Crippen molar-refractivity contribution >= 4 is 5.91 Å². The first kappa shape index (κ1) is 15.4. The van der Waals surface area contributed by atoms with Crippen molar-refractivity contribution in [1.82, 2.24) is 9.80 Å². The zero-order valence-electron chi connectivity index (χ0n) is 12.2. The summed E-state index contributed by atoms with van der Waals surface area (Å²) in [5.74, 6) is 0.264. The maximum Gasteiger partial charge on any atom is 0.236 e. The zero-order chi connectivity index (χ0) is 13.6. The van der Waals surface area contributed by atoms with Crippen molar-refractivity contribution in [2.75, 3.05) is 32.7 Å². The van der Waals surface area contributed by atoms with Crippen LogP contribution in [-0.4, -0.2) is 54.0 Å². The van der Waals surface area contributed by atoms with E-state index >= 15 is 0 Å². The zero-order valence-corrected chi connectivity index (χ0v) is 12.2. The van der Waals surface area contributed by atoms with Crippen molar-refractivity contribution in [3.8, 4) is 0 Å². The van der Waals surface area contributed by atoms with Crippen LogP contribution in [-0.2, 0) is 4.79 Å². The van der Waals surface area contributed by atoms with Gasteiger partial charge < -0.3 is 10.6 Å². The van der Waals surface area contributed by atoms with E-state index in [-0.39, 0.29) is 11.4 Å². The number of rotatable bonds is 5. The molecule has 0 aromatic rings. The number of amides is 1. The van der Waals surface area contributed by atoms with Gasteiger partial charge in [0.05, 0.1) is 6.54 Å². The summed E-state index contributed by atoms with van der Waals surface area (Å²) >= 11 is 0. The Hall–Kier alpha value is -0.610. The fourth-order valence-electron chi connectivity index (χ4n) is 2.47. The molecule has 0 saturated carbocycles. The lowest BCUT2D eigenvalue weighted by Crippen LogP contribution is -2.53. The van der Waals surface area contributed by atoms with E-state index < -0.39 is 0 Å². The molecule has 1 amide bonds. The lowest BCUT2D eigenvalue weighted by molar-refractivity contribution is -0.133. The number of hydrogen-bond donors (Lipinski definition) is 1. The summed E-state index contributed by atoms with van der Waals surface area (Å²) in [4.78, 5) is 16.5. The maximum atomic E-state index is 12.3. The van der Waals surface area contributed by atoms with Crippen LogP contribution >= 0.6 is 0 Å². The first-order chi connectivity index (χ1) is 8.51. The summed E-state index contributed by atoms with van der Waals surface area (Å²) in [6, 6.07) is 0. The Morgan fingerprint density at radius 1 is 1.22 bits per heavy atom. The van der Waals surface area contributed by atoms with Crippen LogP contribution in [0, 0.1) is 0 Å². The van der Waals surface area contributed by atoms with Crippen LogP contribution in [0.5, 0.6) is 0 Å². The Kier molecular flexibility index (Phi) is 6.09. The lowest BCUT2D eigenvalue weighted by atomic mass is 10.0. The van der Waals surface area contributed by atoms with E-state index in [1.807, 2.05) is 4.90 Å². The monoisotopic (exact) mass is 255 g/mol. The molecule has 106 valence electrons. The highest BCUT2D eigenvalue weighted by Gasteiger charge is 2.27. The second-order valence-electron chi connectivity index (χ2n) is 5.83. The highest BCUT2D eigenvalue weighted by molar-refractivity contribution is 5.78. The van der Waals surface area contributed by atoms with Crippen molar-refractivity contribution in [1.29, 1.82) is 0 Å². The number of likely N-dealkylation sites (tertiary alicyclic amines) is 1. The molecular weight excluding hydrogens is 226 g/mol. The average Bonchev–Trinajstić information content (AvgIpc) is 2.64. The van der Waals surface area contributed by atoms with E-state index in [0.717, 1.165) is 32.5 Å². The molecule has 0 atom stereocenters. The van der Waals surface area contributed by atoms with Gasteiger partial charge in [0.25, 0.3) is 0 Å². The molecule has 2 N–H and O–H groups in total. The van der Waals surface area contributed by atoms with Crippen LogP contribution in [0.25, 0.3) is 0 Å². The molecule has 0 bridgehead atoms. The number of hydrogen-bond acceptors (Lipinski definition) is 3. The fourth-order valence-corrected chi connectivity index (χ4v) is 2.47. The number of carbonyl (C=O) groups is 1. The standard InChI is InChI=1S/C14H29N3O/c1-4-17(14(2,3)12-15)11-13(18)16-9-7-5-6-8-10-16/h4-12,15H2,1-3H3. The van der Waals surface area contributed by atoms with Crippen LogP contribution in [0.2, 0.25) is 0 Å². The van der Waals surface area contributed by atoms with E-state index in [0.29, 0.717) is 13.1 Å². The molecule has 1 fully saturated rings. The number of likely N-dealkylation sites (N-methyl/N-ethyl adjacent to an activating group) is 1. The predicted molar refractivity (Wildman–Crippen MR) is 75.4 cm³/mol. The molecule has 4 heteroatoms. The fraction of sp³-hybridized carbons (Fsp3) is 0.929. The Morgan fingerprint density at radius 3 is 2.22 bits per heavy atom. The number of nitrogens with two attached hydrogens (primary N) is 1. The molecule has 1 heterocycles. The van der Waals surface area contributed by atoms with E-state index in [2.05, 4.69) is 25.7 Å². The first-order valence-corrected chi connectivity index (χ1v) is 7.24. The SMILES string of the molecule is CCN(CC(=O)N1CCCCCC1)C(C)(C)CN. The van der Waals surface area contributed by atoms with Crippen molar-refractivity contribution in [3.63, 3.8) is 0 Å². The van der Waals surface area contributed by atoms with Gasteiger partial charge in [0.15, 0.2) is 0 Å².